The summed E-state index contributed by atoms with van der Waals surface area (Å²) >= 11 is 0. The highest BCUT2D eigenvalue weighted by Crippen LogP contribution is 2.38. The summed E-state index contributed by atoms with van der Waals surface area (Å²) in [5.41, 5.74) is 0. The Bertz CT molecular complexity index is 1130. The number of ether oxygens (including phenoxy) is 2. The van der Waals surface area contributed by atoms with Crippen LogP contribution in [-0.2, 0) is 27.9 Å². The van der Waals surface area contributed by atoms with Crippen molar-refractivity contribution in [3.05, 3.63) is 60.8 Å². The highest BCUT2D eigenvalue weighted by molar-refractivity contribution is 7.45. The lowest BCUT2D eigenvalue weighted by atomic mass is 10.0. The van der Waals surface area contributed by atoms with Crippen molar-refractivity contribution >= 4 is 13.8 Å². The van der Waals surface area contributed by atoms with Gasteiger partial charge in [-0.15, -0.1) is 0 Å². The van der Waals surface area contributed by atoms with E-state index in [-0.39, 0.29) is 25.8 Å². The smallest absolute Gasteiger partial charge is 0.306 e. The Morgan fingerprint density at radius 1 is 0.542 bits per heavy atom. The molecule has 0 fully saturated rings. The van der Waals surface area contributed by atoms with E-state index in [9.17, 15) is 14.3 Å². The number of quaternary nitrogens is 1. The van der Waals surface area contributed by atoms with Crippen LogP contribution in [0.4, 0.5) is 0 Å². The van der Waals surface area contributed by atoms with Gasteiger partial charge in [0.15, 0.2) is 0 Å². The summed E-state index contributed by atoms with van der Waals surface area (Å²) < 4.78 is 34.7. The van der Waals surface area contributed by atoms with E-state index in [1.807, 2.05) is 21.1 Å². The monoisotopic (exact) mass is 850 g/mol. The van der Waals surface area contributed by atoms with Crippen molar-refractivity contribution < 1.29 is 37.3 Å². The molecule has 0 bridgehead atoms. The number of rotatable bonds is 44. The van der Waals surface area contributed by atoms with E-state index in [4.69, 9.17) is 18.5 Å². The first kappa shape index (κ1) is 57.2. The van der Waals surface area contributed by atoms with E-state index < -0.39 is 13.9 Å². The predicted molar refractivity (Wildman–Crippen MR) is 249 cm³/mol. The first-order valence-corrected chi connectivity index (χ1v) is 25.5. The van der Waals surface area contributed by atoms with Gasteiger partial charge < -0.3 is 27.9 Å². The molecule has 2 unspecified atom stereocenters. The zero-order valence-corrected chi connectivity index (χ0v) is 39.8. The second-order valence-corrected chi connectivity index (χ2v) is 18.5. The molecule has 8 nitrogen and oxygen atoms in total. The van der Waals surface area contributed by atoms with Crippen LogP contribution in [0.2, 0.25) is 0 Å². The largest absolute Gasteiger partial charge is 0.756 e. The normalized spacial score (nSPS) is 14.2. The molecular weight excluding hydrogens is 758 g/mol. The molecule has 0 radical (unpaired) electrons. The molecule has 0 aromatic heterocycles. The number of allylic oxidation sites excluding steroid dienone is 10. The Balaban J connectivity index is 4.19. The van der Waals surface area contributed by atoms with Crippen LogP contribution in [0.1, 0.15) is 194 Å². The van der Waals surface area contributed by atoms with Gasteiger partial charge in [-0.3, -0.25) is 9.36 Å². The Labute approximate surface area is 364 Å². The van der Waals surface area contributed by atoms with Gasteiger partial charge in [-0.1, -0.05) is 190 Å². The molecular formula is C50H92NO7P. The quantitative estimate of drug-likeness (QED) is 0.0198. The minimum absolute atomic E-state index is 0.0225. The third kappa shape index (κ3) is 47.1. The lowest BCUT2D eigenvalue weighted by Crippen LogP contribution is -2.37. The molecule has 0 aliphatic heterocycles. The number of carbonyl (C=O) groups excluding carboxylic acids is 1. The number of esters is 1. The summed E-state index contributed by atoms with van der Waals surface area (Å²) in [5.74, 6) is -0.345. The molecule has 0 rings (SSSR count). The first-order valence-electron chi connectivity index (χ1n) is 24.0. The fourth-order valence-corrected chi connectivity index (χ4v) is 7.13. The number of hydrogen-bond donors (Lipinski definition) is 0. The zero-order chi connectivity index (χ0) is 43.4. The molecule has 0 saturated carbocycles. The Morgan fingerprint density at radius 2 is 0.983 bits per heavy atom. The van der Waals surface area contributed by atoms with Crippen LogP contribution in [0.5, 0.6) is 0 Å². The maximum Gasteiger partial charge on any atom is 0.306 e. The lowest BCUT2D eigenvalue weighted by molar-refractivity contribution is -0.870. The second kappa shape index (κ2) is 42.9. The van der Waals surface area contributed by atoms with E-state index >= 15 is 0 Å². The van der Waals surface area contributed by atoms with Gasteiger partial charge in [0.1, 0.15) is 19.3 Å². The van der Waals surface area contributed by atoms with Crippen LogP contribution < -0.4 is 4.89 Å². The van der Waals surface area contributed by atoms with Gasteiger partial charge in [0.2, 0.25) is 0 Å². The van der Waals surface area contributed by atoms with Gasteiger partial charge >= 0.3 is 5.97 Å². The average molecular weight is 850 g/mol. The van der Waals surface area contributed by atoms with Gasteiger partial charge in [-0.05, 0) is 57.8 Å². The summed E-state index contributed by atoms with van der Waals surface area (Å²) in [7, 11) is 1.35. The number of unbranched alkanes of at least 4 members (excludes halogenated alkanes) is 20. The van der Waals surface area contributed by atoms with Gasteiger partial charge in [-0.25, -0.2) is 0 Å². The number of likely N-dealkylation sites (N-methyl/N-ethyl adjacent to an activating group) is 1. The maximum absolute atomic E-state index is 12.7. The summed E-state index contributed by atoms with van der Waals surface area (Å²) in [6.45, 7) is 5.30. The summed E-state index contributed by atoms with van der Waals surface area (Å²) in [6.07, 6.45) is 53.7. The zero-order valence-electron chi connectivity index (χ0n) is 38.9. The standard InChI is InChI=1S/C50H92NO7P/c1-6-8-10-12-14-16-18-20-22-23-24-25-26-27-28-29-30-31-33-35-37-39-41-43-50(52)58-49(48-57-59(53,54)56-46-44-51(3,4)5)47-55-45-42-40-38-36-34-32-21-19-17-15-13-11-9-7-2/h8,10,14,16,20,22,24-25,27-28,49H,6-7,9,11-13,15,17-19,21,23,26,29-48H2,1-5H3/b10-8-,16-14-,22-20-,25-24-,28-27-. The van der Waals surface area contributed by atoms with Gasteiger partial charge in [0, 0.05) is 13.0 Å². The number of carbonyl (C=O) groups is 1. The SMILES string of the molecule is CC/C=C\C/C=C\C/C=C\C/C=C\C/C=C\CCCCCCCCCC(=O)OC(COCCCCCCCCCCCCCCCC)COP(=O)([O-])OCC[N+](C)(C)C. The number of phosphoric acid groups is 1. The van der Waals surface area contributed by atoms with E-state index in [0.717, 1.165) is 77.0 Å². The fraction of sp³-hybridized carbons (Fsp3) is 0.780. The van der Waals surface area contributed by atoms with E-state index in [1.54, 1.807) is 0 Å². The number of phosphoric ester groups is 1. The molecule has 0 amide bonds. The van der Waals surface area contributed by atoms with Crippen molar-refractivity contribution in [2.24, 2.45) is 0 Å². The van der Waals surface area contributed by atoms with Crippen LogP contribution in [-0.4, -0.2) is 70.7 Å². The molecule has 0 heterocycles. The van der Waals surface area contributed by atoms with Crippen molar-refractivity contribution in [1.29, 1.82) is 0 Å². The maximum atomic E-state index is 12.7. The van der Waals surface area contributed by atoms with E-state index in [2.05, 4.69) is 74.6 Å². The summed E-state index contributed by atoms with van der Waals surface area (Å²) in [4.78, 5) is 25.1. The molecule has 0 aromatic rings. The van der Waals surface area contributed by atoms with Crippen molar-refractivity contribution in [3.8, 4) is 0 Å². The van der Waals surface area contributed by atoms with Crippen LogP contribution in [0.15, 0.2) is 60.8 Å². The van der Waals surface area contributed by atoms with Gasteiger partial charge in [0.05, 0.1) is 34.4 Å². The average Bonchev–Trinajstić information content (AvgIpc) is 3.19. The molecule has 59 heavy (non-hydrogen) atoms. The third-order valence-corrected chi connectivity index (χ3v) is 11.0. The molecule has 2 atom stereocenters. The summed E-state index contributed by atoms with van der Waals surface area (Å²) in [5, 5.41) is 0. The molecule has 0 aliphatic carbocycles. The number of nitrogens with zero attached hydrogens (tertiary/aromatic N) is 1. The van der Waals surface area contributed by atoms with Gasteiger partial charge in [0.25, 0.3) is 7.82 Å². The number of hydrogen-bond acceptors (Lipinski definition) is 7. The molecule has 0 spiro atoms. The minimum Gasteiger partial charge on any atom is -0.756 e. The molecule has 9 heteroatoms. The molecule has 0 N–H and O–H groups in total. The van der Waals surface area contributed by atoms with Crippen LogP contribution in [0, 0.1) is 0 Å². The third-order valence-electron chi connectivity index (χ3n) is 10.1. The molecule has 0 aromatic carbocycles. The van der Waals surface area contributed by atoms with E-state index in [1.165, 1.54) is 96.3 Å². The van der Waals surface area contributed by atoms with Crippen molar-refractivity contribution in [2.45, 2.75) is 200 Å². The Morgan fingerprint density at radius 3 is 1.47 bits per heavy atom. The molecule has 0 saturated heterocycles. The van der Waals surface area contributed by atoms with Crippen molar-refractivity contribution in [3.63, 3.8) is 0 Å². The predicted octanol–water partition coefficient (Wildman–Crippen LogP) is 13.9. The summed E-state index contributed by atoms with van der Waals surface area (Å²) in [6, 6.07) is 0. The lowest BCUT2D eigenvalue weighted by Gasteiger charge is -2.28. The Hall–Kier alpha value is -1.80. The fourth-order valence-electron chi connectivity index (χ4n) is 6.40. The van der Waals surface area contributed by atoms with Crippen molar-refractivity contribution in [1.82, 2.24) is 0 Å². The highest BCUT2D eigenvalue weighted by atomic mass is 31.2. The van der Waals surface area contributed by atoms with Crippen LogP contribution in [0.25, 0.3) is 0 Å². The Kier molecular flexibility index (Phi) is 41.6. The highest BCUT2D eigenvalue weighted by Gasteiger charge is 2.20. The molecule has 344 valence electrons. The molecule has 0 aliphatic rings. The first-order chi connectivity index (χ1) is 28.6. The topological polar surface area (TPSA) is 94.1 Å². The van der Waals surface area contributed by atoms with Crippen LogP contribution in [0.3, 0.4) is 0 Å². The minimum atomic E-state index is -4.53. The van der Waals surface area contributed by atoms with Crippen molar-refractivity contribution in [2.75, 3.05) is 54.1 Å². The van der Waals surface area contributed by atoms with E-state index in [0.29, 0.717) is 24.1 Å². The van der Waals surface area contributed by atoms with Crippen LogP contribution >= 0.6 is 7.82 Å². The second-order valence-electron chi connectivity index (χ2n) is 17.1. The van der Waals surface area contributed by atoms with Gasteiger partial charge in [-0.2, -0.15) is 0 Å².